The van der Waals surface area contributed by atoms with Crippen LogP contribution in [0.15, 0.2) is 12.2 Å². The van der Waals surface area contributed by atoms with Gasteiger partial charge in [-0.1, -0.05) is 6.08 Å². The van der Waals surface area contributed by atoms with Crippen LogP contribution in [0, 0.1) is 0 Å². The van der Waals surface area contributed by atoms with Crippen molar-refractivity contribution in [3.05, 3.63) is 12.2 Å². The van der Waals surface area contributed by atoms with E-state index in [4.69, 9.17) is 0 Å². The summed E-state index contributed by atoms with van der Waals surface area (Å²) in [7, 11) is 0. The van der Waals surface area contributed by atoms with E-state index in [-0.39, 0.29) is 5.91 Å². The Labute approximate surface area is 87.4 Å². The molecule has 1 fully saturated rings. The number of alkyl halides is 2. The second-order valence-electron chi connectivity index (χ2n) is 3.80. The van der Waals surface area contributed by atoms with Crippen LogP contribution in [0.4, 0.5) is 8.78 Å². The van der Waals surface area contributed by atoms with Gasteiger partial charge in [-0.2, -0.15) is 0 Å². The lowest BCUT2D eigenvalue weighted by Crippen LogP contribution is -2.45. The summed E-state index contributed by atoms with van der Waals surface area (Å²) in [4.78, 5) is 12.6. The number of allylic oxidation sites excluding steroid dienone is 1. The number of carbonyl (C=O) groups is 1. The van der Waals surface area contributed by atoms with Gasteiger partial charge in [-0.3, -0.25) is 4.79 Å². The Morgan fingerprint density at radius 1 is 1.47 bits per heavy atom. The Kier molecular flexibility index (Phi) is 3.79. The third-order valence-corrected chi connectivity index (χ3v) is 2.63. The van der Waals surface area contributed by atoms with Crippen LogP contribution in [0.5, 0.6) is 0 Å². The largest absolute Gasteiger partial charge is 0.386 e. The normalized spacial score (nSPS) is 21.3. The van der Waals surface area contributed by atoms with Crippen molar-refractivity contribution in [1.82, 2.24) is 4.90 Å². The fourth-order valence-electron chi connectivity index (χ4n) is 1.63. The predicted octanol–water partition coefficient (Wildman–Crippen LogP) is 1.18. The summed E-state index contributed by atoms with van der Waals surface area (Å²) in [6.45, 7) is 2.29. The van der Waals surface area contributed by atoms with Gasteiger partial charge >= 0.3 is 0 Å². The molecule has 1 heterocycles. The molecule has 0 saturated carbocycles. The molecule has 0 unspecified atom stereocenters. The van der Waals surface area contributed by atoms with E-state index in [9.17, 15) is 18.7 Å². The first kappa shape index (κ1) is 12.1. The van der Waals surface area contributed by atoms with Crippen molar-refractivity contribution in [2.75, 3.05) is 13.1 Å². The molecule has 86 valence electrons. The van der Waals surface area contributed by atoms with Crippen molar-refractivity contribution in [2.24, 2.45) is 0 Å². The Hall–Kier alpha value is -0.970. The predicted molar refractivity (Wildman–Crippen MR) is 51.6 cm³/mol. The number of piperidine rings is 1. The fourth-order valence-corrected chi connectivity index (χ4v) is 1.63. The number of likely N-dealkylation sites (tertiary alicyclic amines) is 1. The maximum Gasteiger partial charge on any atom is 0.257 e. The first-order valence-electron chi connectivity index (χ1n) is 4.88. The van der Waals surface area contributed by atoms with Gasteiger partial charge in [0.1, 0.15) is 0 Å². The van der Waals surface area contributed by atoms with Gasteiger partial charge in [0.05, 0.1) is 5.60 Å². The Morgan fingerprint density at radius 3 is 2.40 bits per heavy atom. The van der Waals surface area contributed by atoms with Gasteiger partial charge in [-0.25, -0.2) is 8.78 Å². The van der Waals surface area contributed by atoms with Crippen molar-refractivity contribution in [2.45, 2.75) is 31.8 Å². The van der Waals surface area contributed by atoms with E-state index in [0.717, 1.165) is 6.08 Å². The highest BCUT2D eigenvalue weighted by atomic mass is 19.3. The molecule has 1 aliphatic heterocycles. The molecular formula is C10H15F2NO2. The fraction of sp³-hybridized carbons (Fsp3) is 0.700. The third kappa shape index (κ3) is 3.58. The highest BCUT2D eigenvalue weighted by molar-refractivity contribution is 5.73. The first-order chi connectivity index (χ1) is 6.93. The van der Waals surface area contributed by atoms with Gasteiger partial charge in [0, 0.05) is 20.0 Å². The number of hydrogen-bond donors (Lipinski definition) is 1. The highest BCUT2D eigenvalue weighted by Crippen LogP contribution is 2.24. The zero-order valence-corrected chi connectivity index (χ0v) is 8.62. The van der Waals surface area contributed by atoms with Crippen molar-refractivity contribution in [3.63, 3.8) is 0 Å². The molecule has 1 aliphatic rings. The number of halogens is 2. The standard InChI is InChI=1S/C10H15F2NO2/c1-8(14)13-6-4-10(15,5-7-13)3-2-9(11)12/h2-3,9,15H,4-7H2,1H3/b3-2+. The second kappa shape index (κ2) is 4.70. The molecule has 1 amide bonds. The zero-order valence-electron chi connectivity index (χ0n) is 8.62. The quantitative estimate of drug-likeness (QED) is 0.708. The zero-order chi connectivity index (χ0) is 11.5. The lowest BCUT2D eigenvalue weighted by molar-refractivity contribution is -0.131. The average molecular weight is 219 g/mol. The van der Waals surface area contributed by atoms with Crippen LogP contribution >= 0.6 is 0 Å². The summed E-state index contributed by atoms with van der Waals surface area (Å²) in [6, 6.07) is 0. The van der Waals surface area contributed by atoms with E-state index in [1.807, 2.05) is 0 Å². The lowest BCUT2D eigenvalue weighted by atomic mass is 9.91. The summed E-state index contributed by atoms with van der Waals surface area (Å²) >= 11 is 0. The van der Waals surface area contributed by atoms with E-state index in [2.05, 4.69) is 0 Å². The summed E-state index contributed by atoms with van der Waals surface area (Å²) in [5.74, 6) is -0.0464. The molecule has 1 N–H and O–H groups in total. The van der Waals surface area contributed by atoms with Crippen molar-refractivity contribution in [3.8, 4) is 0 Å². The van der Waals surface area contributed by atoms with Crippen LogP contribution in [0.3, 0.4) is 0 Å². The smallest absolute Gasteiger partial charge is 0.257 e. The topological polar surface area (TPSA) is 40.5 Å². The van der Waals surface area contributed by atoms with Crippen LogP contribution in [0.1, 0.15) is 19.8 Å². The maximum absolute atomic E-state index is 11.9. The van der Waals surface area contributed by atoms with Gasteiger partial charge in [0.25, 0.3) is 6.43 Å². The summed E-state index contributed by atoms with van der Waals surface area (Å²) < 4.78 is 23.8. The van der Waals surface area contributed by atoms with Crippen molar-refractivity contribution < 1.29 is 18.7 Å². The molecule has 0 spiro atoms. The minimum atomic E-state index is -2.54. The molecular weight excluding hydrogens is 204 g/mol. The summed E-state index contributed by atoms with van der Waals surface area (Å²) in [5.41, 5.74) is -1.18. The molecule has 0 bridgehead atoms. The first-order valence-corrected chi connectivity index (χ1v) is 4.88. The number of hydrogen-bond acceptors (Lipinski definition) is 2. The number of rotatable bonds is 2. The lowest BCUT2D eigenvalue weighted by Gasteiger charge is -2.35. The van der Waals surface area contributed by atoms with E-state index in [1.54, 1.807) is 4.90 Å². The van der Waals surface area contributed by atoms with Gasteiger partial charge in [0.2, 0.25) is 5.91 Å². The van der Waals surface area contributed by atoms with Gasteiger partial charge in [-0.15, -0.1) is 0 Å². The van der Waals surface area contributed by atoms with Crippen LogP contribution in [-0.4, -0.2) is 41.0 Å². The molecule has 1 rings (SSSR count). The van der Waals surface area contributed by atoms with E-state index >= 15 is 0 Å². The van der Waals surface area contributed by atoms with E-state index < -0.39 is 12.0 Å². The molecule has 0 aromatic carbocycles. The Balaban J connectivity index is 2.51. The number of amides is 1. The van der Waals surface area contributed by atoms with Gasteiger partial charge in [0.15, 0.2) is 0 Å². The minimum Gasteiger partial charge on any atom is -0.386 e. The van der Waals surface area contributed by atoms with E-state index in [1.165, 1.54) is 6.92 Å². The van der Waals surface area contributed by atoms with Crippen LogP contribution < -0.4 is 0 Å². The van der Waals surface area contributed by atoms with Crippen molar-refractivity contribution in [1.29, 1.82) is 0 Å². The van der Waals surface area contributed by atoms with Gasteiger partial charge in [-0.05, 0) is 18.9 Å². The van der Waals surface area contributed by atoms with Crippen LogP contribution in [0.25, 0.3) is 0 Å². The molecule has 5 heteroatoms. The van der Waals surface area contributed by atoms with Crippen molar-refractivity contribution >= 4 is 5.91 Å². The maximum atomic E-state index is 11.9. The molecule has 0 aromatic heterocycles. The Morgan fingerprint density at radius 2 is 2.00 bits per heavy atom. The number of nitrogens with zero attached hydrogens (tertiary/aromatic N) is 1. The molecule has 0 aliphatic carbocycles. The van der Waals surface area contributed by atoms with Gasteiger partial charge < -0.3 is 10.0 Å². The third-order valence-electron chi connectivity index (χ3n) is 2.63. The molecule has 0 radical (unpaired) electrons. The molecule has 15 heavy (non-hydrogen) atoms. The monoisotopic (exact) mass is 219 g/mol. The summed E-state index contributed by atoms with van der Waals surface area (Å²) in [6.07, 6.45) is -0.0654. The molecule has 0 aromatic rings. The molecule has 3 nitrogen and oxygen atoms in total. The number of aliphatic hydroxyl groups is 1. The average Bonchev–Trinajstić information content (AvgIpc) is 2.16. The van der Waals surface area contributed by atoms with Crippen LogP contribution in [0.2, 0.25) is 0 Å². The summed E-state index contributed by atoms with van der Waals surface area (Å²) in [5, 5.41) is 9.86. The van der Waals surface area contributed by atoms with E-state index in [0.29, 0.717) is 32.0 Å². The molecule has 1 saturated heterocycles. The second-order valence-corrected chi connectivity index (χ2v) is 3.80. The molecule has 0 atom stereocenters. The van der Waals surface area contributed by atoms with Crippen LogP contribution in [-0.2, 0) is 4.79 Å². The minimum absolute atomic E-state index is 0.0464. The Bertz CT molecular complexity index is 258. The SMILES string of the molecule is CC(=O)N1CCC(O)(/C=C/C(F)F)CC1. The number of carbonyl (C=O) groups excluding carboxylic acids is 1. The highest BCUT2D eigenvalue weighted by Gasteiger charge is 2.30.